The van der Waals surface area contributed by atoms with Crippen LogP contribution in [-0.2, 0) is 11.3 Å². The molecule has 5 nitrogen and oxygen atoms in total. The first kappa shape index (κ1) is 13.4. The number of rotatable bonds is 7. The average molecular weight is 235 g/mol. The predicted octanol–water partition coefficient (Wildman–Crippen LogP) is 1.03. The summed E-state index contributed by atoms with van der Waals surface area (Å²) >= 11 is 0. The van der Waals surface area contributed by atoms with Gasteiger partial charge in [-0.15, -0.1) is 0 Å². The molecule has 0 bridgehead atoms. The number of aryl methyl sites for hydroxylation is 1. The molecule has 0 unspecified atom stereocenters. The SMILES string of the molecule is COCCNCc1nc(C)ccc1OCC#N. The maximum Gasteiger partial charge on any atom is 0.174 e. The van der Waals surface area contributed by atoms with Crippen LogP contribution in [0.25, 0.3) is 0 Å². The number of hydrogen-bond acceptors (Lipinski definition) is 5. The minimum absolute atomic E-state index is 0.0375. The third-order valence-corrected chi connectivity index (χ3v) is 2.14. The van der Waals surface area contributed by atoms with E-state index < -0.39 is 0 Å². The van der Waals surface area contributed by atoms with Gasteiger partial charge in [0.25, 0.3) is 0 Å². The lowest BCUT2D eigenvalue weighted by molar-refractivity contribution is 0.199. The zero-order valence-electron chi connectivity index (χ0n) is 10.2. The van der Waals surface area contributed by atoms with Gasteiger partial charge in [-0.1, -0.05) is 0 Å². The fourth-order valence-corrected chi connectivity index (χ4v) is 1.35. The molecule has 0 amide bonds. The van der Waals surface area contributed by atoms with Crippen molar-refractivity contribution in [1.29, 1.82) is 5.26 Å². The van der Waals surface area contributed by atoms with Crippen molar-refractivity contribution in [3.05, 3.63) is 23.5 Å². The smallest absolute Gasteiger partial charge is 0.174 e. The summed E-state index contributed by atoms with van der Waals surface area (Å²) in [5.41, 5.74) is 1.74. The van der Waals surface area contributed by atoms with Crippen LogP contribution in [0, 0.1) is 18.3 Å². The van der Waals surface area contributed by atoms with E-state index >= 15 is 0 Å². The molecule has 0 aliphatic carbocycles. The Labute approximate surface area is 101 Å². The van der Waals surface area contributed by atoms with E-state index in [9.17, 15) is 0 Å². The Morgan fingerprint density at radius 2 is 2.29 bits per heavy atom. The molecule has 0 saturated carbocycles. The summed E-state index contributed by atoms with van der Waals surface area (Å²) in [6.07, 6.45) is 0. The highest BCUT2D eigenvalue weighted by Gasteiger charge is 2.05. The average Bonchev–Trinajstić information content (AvgIpc) is 2.33. The molecule has 1 aromatic rings. The van der Waals surface area contributed by atoms with Crippen LogP contribution < -0.4 is 10.1 Å². The second-order valence-corrected chi connectivity index (χ2v) is 3.51. The topological polar surface area (TPSA) is 67.2 Å². The van der Waals surface area contributed by atoms with E-state index in [1.165, 1.54) is 0 Å². The van der Waals surface area contributed by atoms with Crippen molar-refractivity contribution in [3.8, 4) is 11.8 Å². The highest BCUT2D eigenvalue weighted by atomic mass is 16.5. The Kier molecular flexibility index (Phi) is 6.00. The minimum atomic E-state index is 0.0375. The number of methoxy groups -OCH3 is 1. The summed E-state index contributed by atoms with van der Waals surface area (Å²) in [6, 6.07) is 5.65. The standard InChI is InChI=1S/C12H17N3O2/c1-10-3-4-12(17-7-5-13)11(15-10)9-14-6-8-16-2/h3-4,14H,6-9H2,1-2H3. The van der Waals surface area contributed by atoms with Gasteiger partial charge in [0.15, 0.2) is 6.61 Å². The lowest BCUT2D eigenvalue weighted by Gasteiger charge is -2.10. The number of nitrogens with zero attached hydrogens (tertiary/aromatic N) is 2. The summed E-state index contributed by atoms with van der Waals surface area (Å²) in [5, 5.41) is 11.7. The number of nitriles is 1. The van der Waals surface area contributed by atoms with Crippen LogP contribution in [0.4, 0.5) is 0 Å². The van der Waals surface area contributed by atoms with Gasteiger partial charge in [0, 0.05) is 25.9 Å². The molecule has 0 atom stereocenters. The first-order valence-corrected chi connectivity index (χ1v) is 5.44. The second-order valence-electron chi connectivity index (χ2n) is 3.51. The molecule has 92 valence electrons. The first-order valence-electron chi connectivity index (χ1n) is 5.44. The van der Waals surface area contributed by atoms with Gasteiger partial charge < -0.3 is 14.8 Å². The molecule has 0 fully saturated rings. The molecule has 1 rings (SSSR count). The Hall–Kier alpha value is -1.64. The Morgan fingerprint density at radius 3 is 3.00 bits per heavy atom. The number of aromatic nitrogens is 1. The Morgan fingerprint density at radius 1 is 1.47 bits per heavy atom. The molecule has 0 radical (unpaired) electrons. The normalized spacial score (nSPS) is 9.94. The van der Waals surface area contributed by atoms with Crippen molar-refractivity contribution >= 4 is 0 Å². The van der Waals surface area contributed by atoms with E-state index in [2.05, 4.69) is 10.3 Å². The molecular weight excluding hydrogens is 218 g/mol. The van der Waals surface area contributed by atoms with Crippen molar-refractivity contribution in [2.24, 2.45) is 0 Å². The molecular formula is C12H17N3O2. The molecule has 5 heteroatoms. The van der Waals surface area contributed by atoms with Crippen molar-refractivity contribution in [3.63, 3.8) is 0 Å². The molecule has 0 saturated heterocycles. The maximum atomic E-state index is 8.49. The summed E-state index contributed by atoms with van der Waals surface area (Å²) in [5.74, 6) is 0.655. The summed E-state index contributed by atoms with van der Waals surface area (Å²) in [6.45, 7) is 3.97. The van der Waals surface area contributed by atoms with Gasteiger partial charge in [0.05, 0.1) is 12.3 Å². The predicted molar refractivity (Wildman–Crippen MR) is 63.7 cm³/mol. The van der Waals surface area contributed by atoms with Crippen LogP contribution in [-0.4, -0.2) is 31.9 Å². The van der Waals surface area contributed by atoms with Gasteiger partial charge in [0.2, 0.25) is 0 Å². The van der Waals surface area contributed by atoms with Crippen molar-refractivity contribution < 1.29 is 9.47 Å². The van der Waals surface area contributed by atoms with E-state index in [1.807, 2.05) is 25.1 Å². The van der Waals surface area contributed by atoms with Crippen LogP contribution in [0.2, 0.25) is 0 Å². The molecule has 0 aliphatic rings. The van der Waals surface area contributed by atoms with E-state index in [4.69, 9.17) is 14.7 Å². The third-order valence-electron chi connectivity index (χ3n) is 2.14. The summed E-state index contributed by atoms with van der Waals surface area (Å²) in [4.78, 5) is 4.39. The maximum absolute atomic E-state index is 8.49. The number of pyridine rings is 1. The van der Waals surface area contributed by atoms with Crippen molar-refractivity contribution in [2.75, 3.05) is 26.9 Å². The monoisotopic (exact) mass is 235 g/mol. The van der Waals surface area contributed by atoms with Crippen LogP contribution in [0.1, 0.15) is 11.4 Å². The van der Waals surface area contributed by atoms with Gasteiger partial charge in [-0.3, -0.25) is 4.98 Å². The molecule has 0 aromatic carbocycles. The molecule has 1 aromatic heterocycles. The quantitative estimate of drug-likeness (QED) is 0.715. The van der Waals surface area contributed by atoms with Crippen LogP contribution in [0.15, 0.2) is 12.1 Å². The van der Waals surface area contributed by atoms with Gasteiger partial charge >= 0.3 is 0 Å². The van der Waals surface area contributed by atoms with E-state index in [1.54, 1.807) is 7.11 Å². The van der Waals surface area contributed by atoms with Crippen molar-refractivity contribution in [1.82, 2.24) is 10.3 Å². The second kappa shape index (κ2) is 7.60. The zero-order valence-corrected chi connectivity index (χ0v) is 10.2. The van der Waals surface area contributed by atoms with E-state index in [-0.39, 0.29) is 6.61 Å². The van der Waals surface area contributed by atoms with E-state index in [0.29, 0.717) is 18.9 Å². The van der Waals surface area contributed by atoms with Gasteiger partial charge in [-0.2, -0.15) is 5.26 Å². The lowest BCUT2D eigenvalue weighted by atomic mass is 10.3. The van der Waals surface area contributed by atoms with Gasteiger partial charge in [-0.25, -0.2) is 0 Å². The zero-order chi connectivity index (χ0) is 12.5. The fourth-order valence-electron chi connectivity index (χ4n) is 1.35. The third kappa shape index (κ3) is 4.81. The molecule has 1 N–H and O–H groups in total. The molecule has 1 heterocycles. The van der Waals surface area contributed by atoms with Crippen LogP contribution in [0.5, 0.6) is 5.75 Å². The Balaban J connectivity index is 2.60. The fraction of sp³-hybridized carbons (Fsp3) is 0.500. The molecule has 0 spiro atoms. The molecule has 17 heavy (non-hydrogen) atoms. The largest absolute Gasteiger partial charge is 0.477 e. The van der Waals surface area contributed by atoms with Crippen LogP contribution in [0.3, 0.4) is 0 Å². The summed E-state index contributed by atoms with van der Waals surface area (Å²) < 4.78 is 10.2. The highest BCUT2D eigenvalue weighted by Crippen LogP contribution is 2.16. The summed E-state index contributed by atoms with van der Waals surface area (Å²) in [7, 11) is 1.66. The highest BCUT2D eigenvalue weighted by molar-refractivity contribution is 5.29. The minimum Gasteiger partial charge on any atom is -0.477 e. The van der Waals surface area contributed by atoms with E-state index in [0.717, 1.165) is 17.9 Å². The first-order chi connectivity index (χ1) is 8.27. The molecule has 0 aliphatic heterocycles. The van der Waals surface area contributed by atoms with Gasteiger partial charge in [0.1, 0.15) is 11.8 Å². The van der Waals surface area contributed by atoms with Crippen molar-refractivity contribution in [2.45, 2.75) is 13.5 Å². The number of hydrogen-bond donors (Lipinski definition) is 1. The van der Waals surface area contributed by atoms with Crippen LogP contribution >= 0.6 is 0 Å². The Bertz CT molecular complexity index is 388. The number of ether oxygens (including phenoxy) is 2. The van der Waals surface area contributed by atoms with Gasteiger partial charge in [-0.05, 0) is 19.1 Å². The number of nitrogens with one attached hydrogen (secondary N) is 1. The lowest BCUT2D eigenvalue weighted by Crippen LogP contribution is -2.20.